The highest BCUT2D eigenvalue weighted by Gasteiger charge is 2.33. The van der Waals surface area contributed by atoms with Crippen molar-refractivity contribution in [1.82, 2.24) is 14.7 Å². The lowest BCUT2D eigenvalue weighted by Crippen LogP contribution is -2.47. The second-order valence-electron chi connectivity index (χ2n) is 7.34. The number of nitrogens with zero attached hydrogens (tertiary/aromatic N) is 3. The van der Waals surface area contributed by atoms with Gasteiger partial charge in [0.05, 0.1) is 12.2 Å². The van der Waals surface area contributed by atoms with Crippen LogP contribution in [-0.2, 0) is 5.41 Å². The van der Waals surface area contributed by atoms with Gasteiger partial charge in [-0.15, -0.1) is 0 Å². The predicted molar refractivity (Wildman–Crippen MR) is 75.9 cm³/mol. The van der Waals surface area contributed by atoms with Crippen LogP contribution in [0.25, 0.3) is 0 Å². The lowest BCUT2D eigenvalue weighted by molar-refractivity contribution is 0.0718. The normalized spacial score (nSPS) is 25.3. The first-order valence-corrected chi connectivity index (χ1v) is 6.96. The molecule has 0 aliphatic carbocycles. The smallest absolute Gasteiger partial charge is 0.0548 e. The van der Waals surface area contributed by atoms with Crippen molar-refractivity contribution in [3.05, 3.63) is 18.0 Å². The summed E-state index contributed by atoms with van der Waals surface area (Å²) >= 11 is 0. The van der Waals surface area contributed by atoms with Gasteiger partial charge in [-0.05, 0) is 44.7 Å². The first kappa shape index (κ1) is 13.6. The summed E-state index contributed by atoms with van der Waals surface area (Å²) in [5.74, 6) is 0. The van der Waals surface area contributed by atoms with Crippen molar-refractivity contribution in [2.24, 2.45) is 0 Å². The number of hydrogen-bond donors (Lipinski definition) is 0. The van der Waals surface area contributed by atoms with Gasteiger partial charge in [0.2, 0.25) is 0 Å². The van der Waals surface area contributed by atoms with E-state index in [0.29, 0.717) is 6.04 Å². The maximum Gasteiger partial charge on any atom is 0.0548 e. The highest BCUT2D eigenvalue weighted by atomic mass is 15.3. The first-order chi connectivity index (χ1) is 8.20. The van der Waals surface area contributed by atoms with E-state index in [1.54, 1.807) is 0 Å². The third-order valence-electron chi connectivity index (χ3n) is 4.41. The molecule has 1 aliphatic rings. The van der Waals surface area contributed by atoms with Crippen LogP contribution in [-0.4, -0.2) is 33.8 Å². The van der Waals surface area contributed by atoms with Crippen LogP contribution in [0, 0.1) is 0 Å². The van der Waals surface area contributed by atoms with E-state index in [1.165, 1.54) is 18.4 Å². The molecule has 0 bridgehead atoms. The Hall–Kier alpha value is -0.830. The van der Waals surface area contributed by atoms with Gasteiger partial charge in [-0.1, -0.05) is 20.8 Å². The van der Waals surface area contributed by atoms with Crippen LogP contribution in [0.1, 0.15) is 59.1 Å². The van der Waals surface area contributed by atoms with E-state index in [1.807, 2.05) is 6.20 Å². The Kier molecular flexibility index (Phi) is 3.30. The van der Waals surface area contributed by atoms with Crippen molar-refractivity contribution >= 4 is 0 Å². The molecule has 0 radical (unpaired) electrons. The third-order valence-corrected chi connectivity index (χ3v) is 4.41. The molecule has 1 atom stereocenters. The van der Waals surface area contributed by atoms with Crippen molar-refractivity contribution in [1.29, 1.82) is 0 Å². The quantitative estimate of drug-likeness (QED) is 0.762. The minimum Gasteiger partial charge on any atom is -0.301 e. The summed E-state index contributed by atoms with van der Waals surface area (Å²) in [5, 5.41) is 4.60. The topological polar surface area (TPSA) is 21.1 Å². The summed E-state index contributed by atoms with van der Waals surface area (Å²) in [5.41, 5.74) is 1.80. The van der Waals surface area contributed by atoms with Gasteiger partial charge in [0.15, 0.2) is 0 Å². The summed E-state index contributed by atoms with van der Waals surface area (Å²) in [4.78, 5) is 2.46. The van der Waals surface area contributed by atoms with E-state index < -0.39 is 0 Å². The van der Waals surface area contributed by atoms with Gasteiger partial charge in [0.1, 0.15) is 0 Å². The molecular weight excluding hydrogens is 222 g/mol. The zero-order valence-corrected chi connectivity index (χ0v) is 12.7. The van der Waals surface area contributed by atoms with Gasteiger partial charge >= 0.3 is 0 Å². The second kappa shape index (κ2) is 4.37. The molecule has 1 saturated heterocycles. The monoisotopic (exact) mass is 249 g/mol. The molecule has 102 valence electrons. The number of aromatic nitrogens is 2. The molecule has 1 aromatic rings. The van der Waals surface area contributed by atoms with Gasteiger partial charge in [0.25, 0.3) is 0 Å². The van der Waals surface area contributed by atoms with E-state index in [-0.39, 0.29) is 11.0 Å². The molecule has 0 amide bonds. The Morgan fingerprint density at radius 3 is 2.50 bits per heavy atom. The van der Waals surface area contributed by atoms with E-state index in [0.717, 1.165) is 6.54 Å². The Bertz CT molecular complexity index is 412. The number of hydrogen-bond acceptors (Lipinski definition) is 2. The maximum atomic E-state index is 4.60. The van der Waals surface area contributed by atoms with Gasteiger partial charge in [0, 0.05) is 18.3 Å². The summed E-state index contributed by atoms with van der Waals surface area (Å²) in [6.45, 7) is 12.5. The molecule has 1 fully saturated rings. The zero-order valence-electron chi connectivity index (χ0n) is 12.7. The third kappa shape index (κ3) is 2.61. The average Bonchev–Trinajstić information content (AvgIpc) is 2.70. The fourth-order valence-electron chi connectivity index (χ4n) is 2.63. The summed E-state index contributed by atoms with van der Waals surface area (Å²) in [7, 11) is 2.22. The van der Waals surface area contributed by atoms with E-state index in [2.05, 4.69) is 62.5 Å². The van der Waals surface area contributed by atoms with E-state index in [4.69, 9.17) is 0 Å². The molecule has 0 N–H and O–H groups in total. The number of rotatable bonds is 1. The van der Waals surface area contributed by atoms with Crippen LogP contribution in [0.3, 0.4) is 0 Å². The van der Waals surface area contributed by atoms with Gasteiger partial charge in [-0.25, -0.2) is 0 Å². The largest absolute Gasteiger partial charge is 0.301 e. The second-order valence-corrected chi connectivity index (χ2v) is 7.34. The van der Waals surface area contributed by atoms with Crippen molar-refractivity contribution in [3.63, 3.8) is 0 Å². The van der Waals surface area contributed by atoms with Crippen LogP contribution in [0.4, 0.5) is 0 Å². The zero-order chi connectivity index (χ0) is 13.6. The van der Waals surface area contributed by atoms with E-state index >= 15 is 0 Å². The molecule has 18 heavy (non-hydrogen) atoms. The highest BCUT2D eigenvalue weighted by molar-refractivity contribution is 5.15. The van der Waals surface area contributed by atoms with E-state index in [9.17, 15) is 0 Å². The molecule has 2 rings (SSSR count). The minimum atomic E-state index is 0.194. The molecule has 1 aliphatic heterocycles. The summed E-state index contributed by atoms with van der Waals surface area (Å²) in [6, 6.07) is 0.548. The Labute approximate surface area is 111 Å². The van der Waals surface area contributed by atoms with Crippen LogP contribution < -0.4 is 0 Å². The maximum absolute atomic E-state index is 4.60. The average molecular weight is 249 g/mol. The van der Waals surface area contributed by atoms with Crippen LogP contribution in [0.5, 0.6) is 0 Å². The molecule has 2 heterocycles. The number of likely N-dealkylation sites (tertiary alicyclic amines) is 1. The molecule has 0 spiro atoms. The van der Waals surface area contributed by atoms with Crippen LogP contribution in [0.2, 0.25) is 0 Å². The van der Waals surface area contributed by atoms with Gasteiger partial charge < -0.3 is 4.90 Å². The van der Waals surface area contributed by atoms with Gasteiger partial charge in [-0.2, -0.15) is 5.10 Å². The lowest BCUT2D eigenvalue weighted by Gasteiger charge is -2.43. The fourth-order valence-corrected chi connectivity index (χ4v) is 2.63. The SMILES string of the molecule is CN1CC[C@@H](n2cc(C(C)(C)C)cn2)CC1(C)C. The molecule has 1 aromatic heterocycles. The van der Waals surface area contributed by atoms with Gasteiger partial charge in [-0.3, -0.25) is 4.68 Å². The highest BCUT2D eigenvalue weighted by Crippen LogP contribution is 2.33. The fraction of sp³-hybridized carbons (Fsp3) is 0.800. The lowest BCUT2D eigenvalue weighted by atomic mass is 9.87. The van der Waals surface area contributed by atoms with Crippen LogP contribution in [0.15, 0.2) is 12.4 Å². The van der Waals surface area contributed by atoms with Crippen molar-refractivity contribution in [3.8, 4) is 0 Å². The Morgan fingerprint density at radius 2 is 2.00 bits per heavy atom. The van der Waals surface area contributed by atoms with Crippen molar-refractivity contribution < 1.29 is 0 Å². The molecule has 0 unspecified atom stereocenters. The van der Waals surface area contributed by atoms with Crippen molar-refractivity contribution in [2.45, 2.75) is 64.5 Å². The number of piperidine rings is 1. The van der Waals surface area contributed by atoms with Crippen LogP contribution >= 0.6 is 0 Å². The Balaban J connectivity index is 2.16. The predicted octanol–water partition coefficient (Wildman–Crippen LogP) is 3.23. The molecule has 3 nitrogen and oxygen atoms in total. The van der Waals surface area contributed by atoms with Crippen molar-refractivity contribution in [2.75, 3.05) is 13.6 Å². The minimum absolute atomic E-state index is 0.194. The standard InChI is InChI=1S/C15H27N3/c1-14(2,3)12-10-16-18(11-12)13-7-8-17(6)15(4,5)9-13/h10-11,13H,7-9H2,1-6H3/t13-/m1/s1. The molecule has 0 saturated carbocycles. The first-order valence-electron chi connectivity index (χ1n) is 6.96. The molecule has 0 aromatic carbocycles. The Morgan fingerprint density at radius 1 is 1.33 bits per heavy atom. The molecular formula is C15H27N3. The molecule has 3 heteroatoms. The summed E-state index contributed by atoms with van der Waals surface area (Å²) in [6.07, 6.45) is 6.65. The summed E-state index contributed by atoms with van der Waals surface area (Å²) < 4.78 is 2.19.